The second kappa shape index (κ2) is 9.86. The molecular weight excluding hydrogens is 404 g/mol. The number of hydrogen-bond acceptors (Lipinski definition) is 6. The first-order valence-electron chi connectivity index (χ1n) is 9.92. The Kier molecular flexibility index (Phi) is 7.23. The number of esters is 1. The first-order valence-corrected chi connectivity index (χ1v) is 11.4. The van der Waals surface area contributed by atoms with Crippen molar-refractivity contribution < 1.29 is 22.4 Å². The Hall–Kier alpha value is -2.71. The quantitative estimate of drug-likeness (QED) is 0.355. The molecule has 0 unspecified atom stereocenters. The highest BCUT2D eigenvalue weighted by molar-refractivity contribution is 7.89. The van der Waals surface area contributed by atoms with Crippen LogP contribution in [0.3, 0.4) is 0 Å². The lowest BCUT2D eigenvalue weighted by Crippen LogP contribution is -2.31. The topological polar surface area (TPSA) is 89.7 Å². The number of benzene rings is 1. The van der Waals surface area contributed by atoms with Crippen LogP contribution in [0.25, 0.3) is 11.0 Å². The van der Waals surface area contributed by atoms with Gasteiger partial charge in [0.05, 0.1) is 17.3 Å². The Bertz CT molecular complexity index is 1080. The number of hydrogen-bond donors (Lipinski definition) is 0. The summed E-state index contributed by atoms with van der Waals surface area (Å²) in [4.78, 5) is 15.9. The molecule has 160 valence electrons. The molecule has 0 saturated carbocycles. The van der Waals surface area contributed by atoms with E-state index in [0.29, 0.717) is 25.0 Å². The van der Waals surface area contributed by atoms with Gasteiger partial charge in [-0.2, -0.15) is 4.31 Å². The number of sulfonamides is 1. The van der Waals surface area contributed by atoms with E-state index in [-0.39, 0.29) is 29.9 Å². The van der Waals surface area contributed by atoms with Gasteiger partial charge in [0.25, 0.3) is 0 Å². The van der Waals surface area contributed by atoms with Crippen LogP contribution in [0.2, 0.25) is 0 Å². The van der Waals surface area contributed by atoms with Crippen molar-refractivity contribution in [2.24, 2.45) is 0 Å². The van der Waals surface area contributed by atoms with E-state index in [1.165, 1.54) is 10.6 Å². The molecule has 0 aliphatic rings. The second-order valence-corrected chi connectivity index (χ2v) is 9.25. The number of pyridine rings is 1. The predicted molar refractivity (Wildman–Crippen MR) is 113 cm³/mol. The highest BCUT2D eigenvalue weighted by Crippen LogP contribution is 2.24. The molecule has 7 nitrogen and oxygen atoms in total. The molecule has 8 heteroatoms. The van der Waals surface area contributed by atoms with Gasteiger partial charge in [-0.1, -0.05) is 0 Å². The highest BCUT2D eigenvalue weighted by Gasteiger charge is 2.25. The summed E-state index contributed by atoms with van der Waals surface area (Å²) in [5.41, 5.74) is 1.48. The normalized spacial score (nSPS) is 12.0. The number of fused-ring (bicyclic) bond motifs is 1. The summed E-state index contributed by atoms with van der Waals surface area (Å²) in [6.07, 6.45) is 6.02. The van der Waals surface area contributed by atoms with Gasteiger partial charge < -0.3 is 9.15 Å². The molecule has 3 aromatic rings. The molecule has 0 amide bonds. The van der Waals surface area contributed by atoms with Crippen molar-refractivity contribution in [3.63, 3.8) is 0 Å². The molecule has 0 bridgehead atoms. The zero-order chi connectivity index (χ0) is 21.6. The first-order chi connectivity index (χ1) is 14.4. The van der Waals surface area contributed by atoms with Crippen molar-refractivity contribution in [2.75, 3.05) is 6.54 Å². The highest BCUT2D eigenvalue weighted by atomic mass is 32.2. The maximum absolute atomic E-state index is 13.4. The van der Waals surface area contributed by atoms with Gasteiger partial charge in [-0.05, 0) is 68.7 Å². The van der Waals surface area contributed by atoms with Gasteiger partial charge in [0.1, 0.15) is 5.58 Å². The molecule has 0 atom stereocenters. The van der Waals surface area contributed by atoms with E-state index in [1.807, 2.05) is 0 Å². The van der Waals surface area contributed by atoms with Crippen LogP contribution in [0.4, 0.5) is 0 Å². The predicted octanol–water partition coefficient (Wildman–Crippen LogP) is 4.14. The van der Waals surface area contributed by atoms with Crippen LogP contribution >= 0.6 is 0 Å². The smallest absolute Gasteiger partial charge is 0.306 e. The number of furan rings is 1. The largest absolute Gasteiger partial charge is 0.464 e. The molecule has 3 rings (SSSR count). The number of carbonyl (C=O) groups excluding carboxylic acids is 1. The van der Waals surface area contributed by atoms with Crippen molar-refractivity contribution in [3.8, 4) is 0 Å². The molecule has 1 aromatic carbocycles. The number of aromatic nitrogens is 1. The van der Waals surface area contributed by atoms with E-state index in [1.54, 1.807) is 62.6 Å². The fourth-order valence-electron chi connectivity index (χ4n) is 3.11. The Balaban J connectivity index is 1.75. The molecule has 0 radical (unpaired) electrons. The molecule has 0 aliphatic carbocycles. The molecule has 2 heterocycles. The van der Waals surface area contributed by atoms with Gasteiger partial charge in [0.2, 0.25) is 10.0 Å². The average molecular weight is 431 g/mol. The monoisotopic (exact) mass is 430 g/mol. The zero-order valence-corrected chi connectivity index (χ0v) is 18.0. The fraction of sp³-hybridized carbons (Fsp3) is 0.364. The SMILES string of the molecule is CC(C)OC(=O)CCCCN(Cc1ccncc1)S(=O)(=O)c1ccc2occc2c1. The van der Waals surface area contributed by atoms with E-state index in [0.717, 1.165) is 10.9 Å². The van der Waals surface area contributed by atoms with Gasteiger partial charge in [-0.3, -0.25) is 9.78 Å². The zero-order valence-electron chi connectivity index (χ0n) is 17.2. The molecule has 0 aliphatic heterocycles. The second-order valence-electron chi connectivity index (χ2n) is 7.31. The number of nitrogens with zero attached hydrogens (tertiary/aromatic N) is 2. The molecule has 30 heavy (non-hydrogen) atoms. The number of ether oxygens (including phenoxy) is 1. The molecule has 0 fully saturated rings. The van der Waals surface area contributed by atoms with Crippen molar-refractivity contribution in [1.82, 2.24) is 9.29 Å². The van der Waals surface area contributed by atoms with Crippen molar-refractivity contribution in [3.05, 3.63) is 60.6 Å². The third-order valence-electron chi connectivity index (χ3n) is 4.58. The standard InChI is InChI=1S/C22H26N2O5S/c1-17(2)29-22(25)5-3-4-13-24(16-18-8-11-23-12-9-18)30(26,27)20-6-7-21-19(15-20)10-14-28-21/h6-12,14-15,17H,3-5,13,16H2,1-2H3. The Morgan fingerprint density at radius 2 is 1.90 bits per heavy atom. The van der Waals surface area contributed by atoms with Crippen LogP contribution in [0.15, 0.2) is 64.4 Å². The Morgan fingerprint density at radius 3 is 2.63 bits per heavy atom. The van der Waals surface area contributed by atoms with Crippen molar-refractivity contribution >= 4 is 27.0 Å². The van der Waals surface area contributed by atoms with E-state index >= 15 is 0 Å². The maximum Gasteiger partial charge on any atom is 0.306 e. The van der Waals surface area contributed by atoms with Crippen LogP contribution in [0, 0.1) is 0 Å². The van der Waals surface area contributed by atoms with Gasteiger partial charge in [0, 0.05) is 37.3 Å². The molecule has 2 aromatic heterocycles. The minimum absolute atomic E-state index is 0.154. The van der Waals surface area contributed by atoms with Crippen LogP contribution < -0.4 is 0 Å². The average Bonchev–Trinajstić information content (AvgIpc) is 3.18. The molecule has 0 saturated heterocycles. The maximum atomic E-state index is 13.4. The van der Waals surface area contributed by atoms with E-state index in [4.69, 9.17) is 9.15 Å². The van der Waals surface area contributed by atoms with Gasteiger partial charge in [0.15, 0.2) is 0 Å². The first kappa shape index (κ1) is 22.0. The summed E-state index contributed by atoms with van der Waals surface area (Å²) < 4.78 is 38.6. The molecular formula is C22H26N2O5S. The fourth-order valence-corrected chi connectivity index (χ4v) is 4.61. The number of unbranched alkanes of at least 4 members (excludes halogenated alkanes) is 1. The van der Waals surface area contributed by atoms with Crippen LogP contribution in [0.5, 0.6) is 0 Å². The summed E-state index contributed by atoms with van der Waals surface area (Å²) in [6.45, 7) is 4.13. The van der Waals surface area contributed by atoms with Gasteiger partial charge in [-0.25, -0.2) is 8.42 Å². The number of rotatable bonds is 10. The molecule has 0 spiro atoms. The number of carbonyl (C=O) groups is 1. The summed E-state index contributed by atoms with van der Waals surface area (Å²) in [7, 11) is -3.73. The lowest BCUT2D eigenvalue weighted by atomic mass is 10.2. The summed E-state index contributed by atoms with van der Waals surface area (Å²) in [6, 6.07) is 10.2. The van der Waals surface area contributed by atoms with Crippen LogP contribution in [-0.2, 0) is 26.1 Å². The summed E-state index contributed by atoms with van der Waals surface area (Å²) in [5, 5.41) is 0.733. The van der Waals surface area contributed by atoms with E-state index in [9.17, 15) is 13.2 Å². The Labute approximate surface area is 176 Å². The minimum atomic E-state index is -3.73. The van der Waals surface area contributed by atoms with E-state index < -0.39 is 10.0 Å². The van der Waals surface area contributed by atoms with Crippen LogP contribution in [-0.4, -0.2) is 36.3 Å². The lowest BCUT2D eigenvalue weighted by Gasteiger charge is -2.22. The third kappa shape index (κ3) is 5.67. The van der Waals surface area contributed by atoms with Gasteiger partial charge in [-0.15, -0.1) is 0 Å². The van der Waals surface area contributed by atoms with Gasteiger partial charge >= 0.3 is 5.97 Å². The van der Waals surface area contributed by atoms with Crippen molar-refractivity contribution in [1.29, 1.82) is 0 Å². The summed E-state index contributed by atoms with van der Waals surface area (Å²) >= 11 is 0. The minimum Gasteiger partial charge on any atom is -0.464 e. The third-order valence-corrected chi connectivity index (χ3v) is 6.42. The van der Waals surface area contributed by atoms with Crippen molar-refractivity contribution in [2.45, 2.75) is 50.7 Å². The van der Waals surface area contributed by atoms with E-state index in [2.05, 4.69) is 4.98 Å². The van der Waals surface area contributed by atoms with Crippen LogP contribution in [0.1, 0.15) is 38.7 Å². The Morgan fingerprint density at radius 1 is 1.13 bits per heavy atom. The lowest BCUT2D eigenvalue weighted by molar-refractivity contribution is -0.147. The molecule has 0 N–H and O–H groups in total. The summed E-state index contributed by atoms with van der Waals surface area (Å²) in [5.74, 6) is -0.265.